The maximum atomic E-state index is 11.7. The number of aliphatic carboxylic acids is 1. The van der Waals surface area contributed by atoms with Crippen LogP contribution in [0.5, 0.6) is 0 Å². The molecule has 0 spiro atoms. The first-order valence-electron chi connectivity index (χ1n) is 7.58. The molecule has 22 heavy (non-hydrogen) atoms. The average molecular weight is 315 g/mol. The highest BCUT2D eigenvalue weighted by atomic mass is 16.5. The minimum Gasteiger partial charge on any atom is -0.480 e. The van der Waals surface area contributed by atoms with Gasteiger partial charge in [-0.25, -0.2) is 9.59 Å². The molecule has 0 aromatic heterocycles. The molecule has 1 aliphatic carbocycles. The van der Waals surface area contributed by atoms with Gasteiger partial charge >= 0.3 is 12.0 Å². The van der Waals surface area contributed by atoms with E-state index in [1.54, 1.807) is 0 Å². The van der Waals surface area contributed by atoms with Crippen LogP contribution >= 0.6 is 0 Å². The van der Waals surface area contributed by atoms with Crippen LogP contribution in [-0.2, 0) is 14.3 Å². The molecule has 1 unspecified atom stereocenters. The Balaban J connectivity index is 2.25. The summed E-state index contributed by atoms with van der Waals surface area (Å²) in [4.78, 5) is 34.3. The number of methoxy groups -OCH3 is 1. The van der Waals surface area contributed by atoms with Crippen molar-refractivity contribution in [1.82, 2.24) is 16.0 Å². The van der Waals surface area contributed by atoms with Gasteiger partial charge in [-0.2, -0.15) is 0 Å². The van der Waals surface area contributed by atoms with Crippen LogP contribution in [0.25, 0.3) is 0 Å². The molecule has 126 valence electrons. The average Bonchev–Trinajstić information content (AvgIpc) is 2.50. The van der Waals surface area contributed by atoms with E-state index in [9.17, 15) is 14.4 Å². The summed E-state index contributed by atoms with van der Waals surface area (Å²) in [7, 11) is 1.46. The summed E-state index contributed by atoms with van der Waals surface area (Å²) in [6.45, 7) is -0.0256. The fourth-order valence-corrected chi connectivity index (χ4v) is 2.38. The number of ether oxygens (including phenoxy) is 1. The third kappa shape index (κ3) is 7.26. The lowest BCUT2D eigenvalue weighted by Crippen LogP contribution is -2.49. The number of hydrogen-bond acceptors (Lipinski definition) is 4. The second kappa shape index (κ2) is 9.99. The molecule has 3 amide bonds. The van der Waals surface area contributed by atoms with Crippen LogP contribution < -0.4 is 16.0 Å². The molecular formula is C14H25N3O5. The van der Waals surface area contributed by atoms with Crippen molar-refractivity contribution >= 4 is 17.9 Å². The molecule has 0 aromatic carbocycles. The molecule has 0 saturated heterocycles. The Bertz CT molecular complexity index is 383. The standard InChI is InChI=1S/C14H25N3O5/c1-22-8-7-11(13(19)20)17-12(18)9-15-14(21)16-10-5-3-2-4-6-10/h10-11H,2-9H2,1H3,(H,17,18)(H,19,20)(H2,15,16,21). The molecule has 1 aliphatic rings. The summed E-state index contributed by atoms with van der Waals surface area (Å²) < 4.78 is 4.79. The summed E-state index contributed by atoms with van der Waals surface area (Å²) in [5.41, 5.74) is 0. The van der Waals surface area contributed by atoms with Crippen LogP contribution in [0.15, 0.2) is 0 Å². The van der Waals surface area contributed by atoms with Crippen molar-refractivity contribution in [3.63, 3.8) is 0 Å². The summed E-state index contributed by atoms with van der Waals surface area (Å²) >= 11 is 0. The molecule has 4 N–H and O–H groups in total. The monoisotopic (exact) mass is 315 g/mol. The van der Waals surface area contributed by atoms with Gasteiger partial charge in [0.25, 0.3) is 0 Å². The van der Waals surface area contributed by atoms with Gasteiger partial charge in [-0.3, -0.25) is 4.79 Å². The number of rotatable bonds is 8. The molecule has 1 saturated carbocycles. The quantitative estimate of drug-likeness (QED) is 0.511. The van der Waals surface area contributed by atoms with Gasteiger partial charge in [0.15, 0.2) is 0 Å². The Labute approximate surface area is 130 Å². The topological polar surface area (TPSA) is 117 Å². The molecule has 8 heteroatoms. The zero-order valence-corrected chi connectivity index (χ0v) is 12.9. The molecule has 0 aliphatic heterocycles. The van der Waals surface area contributed by atoms with Gasteiger partial charge in [0.05, 0.1) is 6.54 Å². The van der Waals surface area contributed by atoms with E-state index in [4.69, 9.17) is 9.84 Å². The number of carbonyl (C=O) groups excluding carboxylic acids is 2. The van der Waals surface area contributed by atoms with Crippen LogP contribution in [0.2, 0.25) is 0 Å². The zero-order chi connectivity index (χ0) is 16.4. The number of amides is 3. The first-order valence-corrected chi connectivity index (χ1v) is 7.58. The van der Waals surface area contributed by atoms with Crippen LogP contribution in [0.3, 0.4) is 0 Å². The van der Waals surface area contributed by atoms with Gasteiger partial charge < -0.3 is 25.8 Å². The molecule has 0 aromatic rings. The van der Waals surface area contributed by atoms with Crippen molar-refractivity contribution < 1.29 is 24.2 Å². The van der Waals surface area contributed by atoms with Gasteiger partial charge in [0.1, 0.15) is 6.04 Å². The van der Waals surface area contributed by atoms with E-state index in [-0.39, 0.29) is 25.6 Å². The minimum absolute atomic E-state index is 0.158. The van der Waals surface area contributed by atoms with Gasteiger partial charge in [-0.15, -0.1) is 0 Å². The minimum atomic E-state index is -1.13. The molecule has 0 heterocycles. The highest BCUT2D eigenvalue weighted by Crippen LogP contribution is 2.16. The lowest BCUT2D eigenvalue weighted by molar-refractivity contribution is -0.142. The highest BCUT2D eigenvalue weighted by molar-refractivity contribution is 5.87. The molecule has 8 nitrogen and oxygen atoms in total. The van der Waals surface area contributed by atoms with Gasteiger partial charge in [-0.05, 0) is 12.8 Å². The SMILES string of the molecule is COCCC(NC(=O)CNC(=O)NC1CCCCC1)C(=O)O. The highest BCUT2D eigenvalue weighted by Gasteiger charge is 2.20. The maximum absolute atomic E-state index is 11.7. The summed E-state index contributed by atoms with van der Waals surface area (Å²) in [5.74, 6) is -1.67. The Morgan fingerprint density at radius 2 is 1.91 bits per heavy atom. The predicted octanol–water partition coefficient (Wildman–Crippen LogP) is 0.224. The van der Waals surface area contributed by atoms with Gasteiger partial charge in [-0.1, -0.05) is 19.3 Å². The van der Waals surface area contributed by atoms with Crippen LogP contribution in [0.1, 0.15) is 38.5 Å². The second-order valence-electron chi connectivity index (χ2n) is 5.40. The van der Waals surface area contributed by atoms with Crippen LogP contribution in [-0.4, -0.2) is 55.4 Å². The maximum Gasteiger partial charge on any atom is 0.326 e. The van der Waals surface area contributed by atoms with Crippen LogP contribution in [0.4, 0.5) is 4.79 Å². The van der Waals surface area contributed by atoms with E-state index in [0.717, 1.165) is 25.7 Å². The van der Waals surface area contributed by atoms with Crippen molar-refractivity contribution in [2.75, 3.05) is 20.3 Å². The lowest BCUT2D eigenvalue weighted by atomic mass is 9.96. The predicted molar refractivity (Wildman–Crippen MR) is 79.5 cm³/mol. The normalized spacial score (nSPS) is 16.6. The van der Waals surface area contributed by atoms with E-state index in [1.807, 2.05) is 0 Å². The van der Waals surface area contributed by atoms with Crippen molar-refractivity contribution in [2.24, 2.45) is 0 Å². The second-order valence-corrected chi connectivity index (χ2v) is 5.40. The zero-order valence-electron chi connectivity index (χ0n) is 12.9. The van der Waals surface area contributed by atoms with E-state index in [0.29, 0.717) is 0 Å². The van der Waals surface area contributed by atoms with E-state index >= 15 is 0 Å². The molecule has 0 bridgehead atoms. The van der Waals surface area contributed by atoms with Crippen molar-refractivity contribution in [2.45, 2.75) is 50.6 Å². The first-order chi connectivity index (χ1) is 10.5. The molecule has 1 atom stereocenters. The number of carboxylic acid groups (broad SMARTS) is 1. The van der Waals surface area contributed by atoms with Crippen molar-refractivity contribution in [3.05, 3.63) is 0 Å². The van der Waals surface area contributed by atoms with Gasteiger partial charge in [0, 0.05) is 26.2 Å². The van der Waals surface area contributed by atoms with E-state index in [1.165, 1.54) is 13.5 Å². The largest absolute Gasteiger partial charge is 0.480 e. The number of urea groups is 1. The van der Waals surface area contributed by atoms with Crippen molar-refractivity contribution in [3.8, 4) is 0 Å². The summed E-state index contributed by atoms with van der Waals surface area (Å²) in [5, 5.41) is 16.6. The number of nitrogens with one attached hydrogen (secondary N) is 3. The lowest BCUT2D eigenvalue weighted by Gasteiger charge is -2.22. The number of carbonyl (C=O) groups is 3. The van der Waals surface area contributed by atoms with E-state index in [2.05, 4.69) is 16.0 Å². The number of hydrogen-bond donors (Lipinski definition) is 4. The fraction of sp³-hybridized carbons (Fsp3) is 0.786. The molecule has 1 fully saturated rings. The van der Waals surface area contributed by atoms with Crippen LogP contribution in [0, 0.1) is 0 Å². The fourth-order valence-electron chi connectivity index (χ4n) is 2.38. The molecule has 1 rings (SSSR count). The molecular weight excluding hydrogens is 290 g/mol. The smallest absolute Gasteiger partial charge is 0.326 e. The Morgan fingerprint density at radius 1 is 1.23 bits per heavy atom. The van der Waals surface area contributed by atoms with E-state index < -0.39 is 23.9 Å². The Kier molecular flexibility index (Phi) is 8.27. The summed E-state index contributed by atoms with van der Waals surface area (Å²) in [6, 6.07) is -1.26. The third-order valence-corrected chi connectivity index (χ3v) is 3.59. The first kappa shape index (κ1) is 18.2. The van der Waals surface area contributed by atoms with Gasteiger partial charge in [0.2, 0.25) is 5.91 Å². The Hall–Kier alpha value is -1.83. The number of carboxylic acids is 1. The summed E-state index contributed by atoms with van der Waals surface area (Å²) in [6.07, 6.45) is 5.48. The third-order valence-electron chi connectivity index (χ3n) is 3.59. The Morgan fingerprint density at radius 3 is 2.50 bits per heavy atom. The molecule has 0 radical (unpaired) electrons. The van der Waals surface area contributed by atoms with Crippen molar-refractivity contribution in [1.29, 1.82) is 0 Å².